The van der Waals surface area contributed by atoms with Crippen molar-refractivity contribution in [1.29, 1.82) is 0 Å². The number of piperidine rings is 1. The van der Waals surface area contributed by atoms with Crippen LogP contribution in [-0.2, 0) is 17.8 Å². The number of carboxylic acid groups (broad SMARTS) is 1. The number of aliphatic carboxylic acids is 1. The Morgan fingerprint density at radius 3 is 2.50 bits per heavy atom. The Kier molecular flexibility index (Phi) is 9.65. The van der Waals surface area contributed by atoms with E-state index in [0.29, 0.717) is 80.7 Å². The summed E-state index contributed by atoms with van der Waals surface area (Å²) in [6, 6.07) is 6.84. The first-order valence-electron chi connectivity index (χ1n) is 13.6. The van der Waals surface area contributed by atoms with Crippen LogP contribution in [0.15, 0.2) is 36.5 Å². The van der Waals surface area contributed by atoms with Crippen molar-refractivity contribution in [2.45, 2.75) is 57.6 Å². The van der Waals surface area contributed by atoms with Gasteiger partial charge in [0.2, 0.25) is 0 Å². The van der Waals surface area contributed by atoms with Crippen molar-refractivity contribution in [2.24, 2.45) is 11.1 Å². The summed E-state index contributed by atoms with van der Waals surface area (Å²) < 4.78 is 46.5. The summed E-state index contributed by atoms with van der Waals surface area (Å²) in [6.07, 6.45) is 3.56. The minimum absolute atomic E-state index is 0.00573. The molecular formula is C30H36F3N3O4. The van der Waals surface area contributed by atoms with E-state index in [1.54, 1.807) is 19.4 Å². The molecule has 10 heteroatoms. The van der Waals surface area contributed by atoms with E-state index in [-0.39, 0.29) is 24.9 Å². The molecule has 0 saturated carbocycles. The summed E-state index contributed by atoms with van der Waals surface area (Å²) >= 11 is 0. The van der Waals surface area contributed by atoms with Gasteiger partial charge in [-0.1, -0.05) is 0 Å². The molecule has 2 aromatic carbocycles. The van der Waals surface area contributed by atoms with Crippen molar-refractivity contribution in [3.05, 3.63) is 70.7 Å². The average molecular weight is 560 g/mol. The van der Waals surface area contributed by atoms with Gasteiger partial charge in [-0.2, -0.15) is 0 Å². The molecule has 0 radical (unpaired) electrons. The number of hydrogen-bond donors (Lipinski definition) is 3. The summed E-state index contributed by atoms with van der Waals surface area (Å²) in [7, 11) is 1.57. The maximum atomic E-state index is 14.0. The van der Waals surface area contributed by atoms with E-state index >= 15 is 0 Å². The monoisotopic (exact) mass is 559 g/mol. The van der Waals surface area contributed by atoms with Gasteiger partial charge in [0.05, 0.1) is 25.2 Å². The summed E-state index contributed by atoms with van der Waals surface area (Å²) in [4.78, 5) is 18.4. The minimum atomic E-state index is -0.939. The Hall–Kier alpha value is -3.21. The molecule has 216 valence electrons. The van der Waals surface area contributed by atoms with Crippen molar-refractivity contribution in [1.82, 2.24) is 9.88 Å². The van der Waals surface area contributed by atoms with E-state index < -0.39 is 34.9 Å². The third-order valence-electron chi connectivity index (χ3n) is 8.15. The largest absolute Gasteiger partial charge is 0.497 e. The van der Waals surface area contributed by atoms with E-state index in [9.17, 15) is 28.2 Å². The number of pyridine rings is 1. The zero-order valence-electron chi connectivity index (χ0n) is 22.6. The first kappa shape index (κ1) is 29.8. The maximum absolute atomic E-state index is 14.0. The third-order valence-corrected chi connectivity index (χ3v) is 8.15. The van der Waals surface area contributed by atoms with Gasteiger partial charge in [-0.15, -0.1) is 0 Å². The highest BCUT2D eigenvalue weighted by atomic mass is 19.1. The zero-order valence-corrected chi connectivity index (χ0v) is 22.6. The number of likely N-dealkylation sites (tertiary alicyclic amines) is 1. The number of aromatic nitrogens is 1. The number of nitrogens with two attached hydrogens (primary N) is 1. The molecule has 1 aliphatic heterocycles. The highest BCUT2D eigenvalue weighted by Crippen LogP contribution is 2.42. The van der Waals surface area contributed by atoms with Gasteiger partial charge in [0.1, 0.15) is 23.2 Å². The van der Waals surface area contributed by atoms with Gasteiger partial charge in [0, 0.05) is 35.8 Å². The number of halogens is 3. The molecule has 1 fully saturated rings. The molecule has 0 aliphatic carbocycles. The van der Waals surface area contributed by atoms with Crippen LogP contribution in [0.1, 0.15) is 61.3 Å². The molecule has 1 aliphatic rings. The van der Waals surface area contributed by atoms with Gasteiger partial charge in [-0.05, 0) is 92.9 Å². The molecule has 2 heterocycles. The summed E-state index contributed by atoms with van der Waals surface area (Å²) in [5, 5.41) is 21.8. The van der Waals surface area contributed by atoms with Crippen molar-refractivity contribution >= 4 is 16.9 Å². The normalized spacial score (nSPS) is 16.2. The number of methoxy groups -OCH3 is 1. The molecular weight excluding hydrogens is 523 g/mol. The maximum Gasteiger partial charge on any atom is 0.303 e. The zero-order chi connectivity index (χ0) is 28.9. The van der Waals surface area contributed by atoms with Gasteiger partial charge < -0.3 is 25.6 Å². The number of rotatable bonds is 12. The van der Waals surface area contributed by atoms with Crippen molar-refractivity contribution in [3.63, 3.8) is 0 Å². The molecule has 4 N–H and O–H groups in total. The first-order valence-corrected chi connectivity index (χ1v) is 13.6. The molecule has 0 bridgehead atoms. The van der Waals surface area contributed by atoms with Crippen LogP contribution in [0.4, 0.5) is 13.2 Å². The molecule has 1 atom stereocenters. The second-order valence-electron chi connectivity index (χ2n) is 10.7. The lowest BCUT2D eigenvalue weighted by Crippen LogP contribution is -2.41. The number of carbonyl (C=O) groups is 1. The van der Waals surface area contributed by atoms with Gasteiger partial charge in [0.15, 0.2) is 0 Å². The van der Waals surface area contributed by atoms with Gasteiger partial charge in [0.25, 0.3) is 0 Å². The highest BCUT2D eigenvalue weighted by molar-refractivity contribution is 5.85. The fourth-order valence-electron chi connectivity index (χ4n) is 5.88. The Morgan fingerprint density at radius 2 is 1.88 bits per heavy atom. The van der Waals surface area contributed by atoms with Crippen LogP contribution in [-0.4, -0.2) is 52.8 Å². The van der Waals surface area contributed by atoms with E-state index in [1.165, 1.54) is 0 Å². The molecule has 7 nitrogen and oxygen atoms in total. The van der Waals surface area contributed by atoms with Crippen LogP contribution in [0, 0.1) is 22.9 Å². The van der Waals surface area contributed by atoms with Gasteiger partial charge >= 0.3 is 5.97 Å². The number of aliphatic hydroxyl groups excluding tert-OH is 1. The van der Waals surface area contributed by atoms with Crippen molar-refractivity contribution in [3.8, 4) is 5.75 Å². The lowest BCUT2D eigenvalue weighted by molar-refractivity contribution is -0.141. The number of aliphatic hydroxyl groups is 1. The number of carboxylic acids is 1. The standard InChI is InChI=1S/C30H36F3N3O4/c1-40-21-4-5-26-23(15-21)29(19(17-34)18-35-26)27(37)6-7-30(16-28(38)39)8-11-36(12-9-30)10-2-3-22-24(32)13-20(31)14-25(22)33/h4-5,13-15,18,27,37H,2-3,6-12,16-17,34H2,1H3,(H,38,39)/t27-/m1/s1. The van der Waals surface area contributed by atoms with Crippen LogP contribution in [0.2, 0.25) is 0 Å². The molecule has 40 heavy (non-hydrogen) atoms. The van der Waals surface area contributed by atoms with Crippen LogP contribution in [0.3, 0.4) is 0 Å². The number of hydrogen-bond acceptors (Lipinski definition) is 6. The molecule has 4 rings (SSSR count). The van der Waals surface area contributed by atoms with E-state index in [1.807, 2.05) is 12.1 Å². The van der Waals surface area contributed by atoms with Gasteiger partial charge in [-0.25, -0.2) is 13.2 Å². The smallest absolute Gasteiger partial charge is 0.303 e. The lowest BCUT2D eigenvalue weighted by Gasteiger charge is -2.41. The van der Waals surface area contributed by atoms with Gasteiger partial charge in [-0.3, -0.25) is 9.78 Å². The second-order valence-corrected chi connectivity index (χ2v) is 10.7. The van der Waals surface area contributed by atoms with Crippen LogP contribution in [0.25, 0.3) is 10.9 Å². The van der Waals surface area contributed by atoms with E-state index in [4.69, 9.17) is 10.5 Å². The van der Waals surface area contributed by atoms with Crippen LogP contribution >= 0.6 is 0 Å². The van der Waals surface area contributed by atoms with E-state index in [0.717, 1.165) is 10.9 Å². The topological polar surface area (TPSA) is 109 Å². The third kappa shape index (κ3) is 6.92. The molecule has 0 amide bonds. The predicted octanol–water partition coefficient (Wildman–Crippen LogP) is 5.12. The first-order chi connectivity index (χ1) is 19.1. The fraction of sp³-hybridized carbons (Fsp3) is 0.467. The summed E-state index contributed by atoms with van der Waals surface area (Å²) in [6.45, 7) is 2.07. The lowest BCUT2D eigenvalue weighted by atomic mass is 9.71. The van der Waals surface area contributed by atoms with Crippen LogP contribution in [0.5, 0.6) is 5.75 Å². The molecule has 0 spiro atoms. The minimum Gasteiger partial charge on any atom is -0.497 e. The number of ether oxygens (including phenoxy) is 1. The molecule has 3 aromatic rings. The molecule has 1 saturated heterocycles. The summed E-state index contributed by atoms with van der Waals surface area (Å²) in [5.41, 5.74) is 7.49. The number of fused-ring (bicyclic) bond motifs is 1. The number of benzene rings is 2. The highest BCUT2D eigenvalue weighted by Gasteiger charge is 2.37. The second kappa shape index (κ2) is 13.0. The van der Waals surface area contributed by atoms with Crippen molar-refractivity contribution < 1.29 is 32.9 Å². The fourth-order valence-corrected chi connectivity index (χ4v) is 5.88. The Morgan fingerprint density at radius 1 is 1.18 bits per heavy atom. The Balaban J connectivity index is 1.41. The molecule has 0 unspecified atom stereocenters. The Labute approximate surface area is 231 Å². The predicted molar refractivity (Wildman–Crippen MR) is 145 cm³/mol. The quantitative estimate of drug-likeness (QED) is 0.283. The van der Waals surface area contributed by atoms with Crippen LogP contribution < -0.4 is 10.5 Å². The number of nitrogens with zero attached hydrogens (tertiary/aromatic N) is 2. The van der Waals surface area contributed by atoms with Crippen molar-refractivity contribution in [2.75, 3.05) is 26.7 Å². The molecule has 1 aromatic heterocycles. The Bertz CT molecular complexity index is 1320. The summed E-state index contributed by atoms with van der Waals surface area (Å²) in [5.74, 6) is -2.95. The average Bonchev–Trinajstić information content (AvgIpc) is 2.92. The van der Waals surface area contributed by atoms with E-state index in [2.05, 4.69) is 9.88 Å². The SMILES string of the molecule is COc1ccc2ncc(CN)c([C@H](O)CCC3(CC(=O)O)CCN(CCCc4c(F)cc(F)cc4F)CC3)c2c1.